The van der Waals surface area contributed by atoms with E-state index in [2.05, 4.69) is 67.8 Å². The van der Waals surface area contributed by atoms with E-state index in [-0.39, 0.29) is 18.5 Å². The predicted octanol–water partition coefficient (Wildman–Crippen LogP) is 19.5. The Bertz CT molecular complexity index is 1240. The summed E-state index contributed by atoms with van der Waals surface area (Å²) in [5, 5.41) is 23.1. The third-order valence-electron chi connectivity index (χ3n) is 14.0. The summed E-state index contributed by atoms with van der Waals surface area (Å²) >= 11 is 0. The fourth-order valence-electron chi connectivity index (χ4n) is 9.24. The molecule has 71 heavy (non-hydrogen) atoms. The lowest BCUT2D eigenvalue weighted by atomic mass is 10.0. The maximum absolute atomic E-state index is 12.5. The first kappa shape index (κ1) is 68.6. The number of nitrogens with one attached hydrogen (secondary N) is 1. The Hall–Kier alpha value is -2.44. The van der Waals surface area contributed by atoms with Gasteiger partial charge in [0.1, 0.15) is 0 Å². The Balaban J connectivity index is 3.50. The normalized spacial score (nSPS) is 13.0. The lowest BCUT2D eigenvalue weighted by Crippen LogP contribution is -2.45. The highest BCUT2D eigenvalue weighted by Gasteiger charge is 2.18. The van der Waals surface area contributed by atoms with Crippen molar-refractivity contribution in [2.24, 2.45) is 0 Å². The summed E-state index contributed by atoms with van der Waals surface area (Å²) in [4.78, 5) is 24.6. The minimum atomic E-state index is -0.853. The average Bonchev–Trinajstić information content (AvgIpc) is 3.37. The van der Waals surface area contributed by atoms with Crippen LogP contribution < -0.4 is 5.32 Å². The number of carbonyl (C=O) groups excluding carboxylic acids is 2. The molecule has 0 aliphatic carbocycles. The van der Waals surface area contributed by atoms with Crippen molar-refractivity contribution in [3.05, 3.63) is 60.8 Å². The van der Waals surface area contributed by atoms with Crippen molar-refractivity contribution in [3.63, 3.8) is 0 Å². The Morgan fingerprint density at radius 3 is 1.18 bits per heavy atom. The van der Waals surface area contributed by atoms with E-state index in [0.717, 1.165) is 83.5 Å². The minimum Gasteiger partial charge on any atom is -0.466 e. The van der Waals surface area contributed by atoms with Crippen LogP contribution in [0.25, 0.3) is 0 Å². The van der Waals surface area contributed by atoms with Crippen LogP contribution >= 0.6 is 0 Å². The Morgan fingerprint density at radius 2 is 0.746 bits per heavy atom. The molecule has 0 rings (SSSR count). The maximum Gasteiger partial charge on any atom is 0.305 e. The van der Waals surface area contributed by atoms with Gasteiger partial charge < -0.3 is 20.3 Å². The number of carbonyl (C=O) groups is 2. The molecule has 0 bridgehead atoms. The molecule has 0 aromatic rings. The number of aliphatic hydroxyl groups is 2. The quantitative estimate of drug-likeness (QED) is 0.0244. The zero-order chi connectivity index (χ0) is 51.4. The van der Waals surface area contributed by atoms with E-state index in [1.807, 2.05) is 6.08 Å². The molecule has 0 aromatic carbocycles. The van der Waals surface area contributed by atoms with Gasteiger partial charge in [0.15, 0.2) is 0 Å². The first-order valence-electron chi connectivity index (χ1n) is 31.1. The minimum absolute atomic E-state index is 0.0184. The molecule has 0 fully saturated rings. The molecule has 6 nitrogen and oxygen atoms in total. The smallest absolute Gasteiger partial charge is 0.305 e. The number of aliphatic hydroxyl groups excluding tert-OH is 2. The number of ether oxygens (including phenoxy) is 1. The van der Waals surface area contributed by atoms with Crippen LogP contribution in [-0.4, -0.2) is 47.4 Å². The molecule has 0 saturated carbocycles. The fourth-order valence-corrected chi connectivity index (χ4v) is 9.24. The van der Waals surface area contributed by atoms with Gasteiger partial charge in [0.2, 0.25) is 5.91 Å². The molecule has 1 amide bonds. The van der Waals surface area contributed by atoms with Crippen molar-refractivity contribution in [1.29, 1.82) is 0 Å². The maximum atomic E-state index is 12.5. The Labute approximate surface area is 441 Å². The van der Waals surface area contributed by atoms with Crippen LogP contribution in [0.3, 0.4) is 0 Å². The van der Waals surface area contributed by atoms with Crippen molar-refractivity contribution in [3.8, 4) is 0 Å². The molecule has 0 spiro atoms. The molecule has 2 unspecified atom stereocenters. The summed E-state index contributed by atoms with van der Waals surface area (Å²) < 4.78 is 5.47. The standard InChI is InChI=1S/C65H119NO5/c1-3-5-7-9-11-13-15-17-19-21-23-27-31-35-39-43-47-51-55-59-65(70)71-60-56-52-48-44-40-36-32-28-25-22-24-26-30-34-38-42-46-50-54-58-64(69)66-62(61-67)63(68)57-53-49-45-41-37-33-29-20-18-16-14-12-10-8-6-4-2/h11,13,17,19,28,32,36,40,53,57,62-63,67-68H,3-10,12,14-16,18,20-27,29-31,33-35,37-39,41-52,54-56,58-61H2,1-2H3,(H,66,69)/b13-11-,19-17-,32-28-,40-36-,57-53+. The average molecular weight is 995 g/mol. The van der Waals surface area contributed by atoms with Crippen molar-refractivity contribution in [1.82, 2.24) is 5.32 Å². The Kier molecular flexibility index (Phi) is 58.1. The number of esters is 1. The summed E-state index contributed by atoms with van der Waals surface area (Å²) in [7, 11) is 0. The SMILES string of the molecule is CCCCC/C=C\C/C=C\CCCCCCCCCCCC(=O)OCCCCC/C=C\C=C/CCCCCCCCCCCCC(=O)NC(CO)C(O)/C=C/CCCCCCCCCCCCCCCC. The summed E-state index contributed by atoms with van der Waals surface area (Å²) in [6, 6.07) is -0.637. The van der Waals surface area contributed by atoms with Gasteiger partial charge in [-0.3, -0.25) is 9.59 Å². The van der Waals surface area contributed by atoms with Gasteiger partial charge in [-0.2, -0.15) is 0 Å². The lowest BCUT2D eigenvalue weighted by molar-refractivity contribution is -0.143. The molecule has 0 saturated heterocycles. The monoisotopic (exact) mass is 994 g/mol. The highest BCUT2D eigenvalue weighted by Crippen LogP contribution is 2.16. The molecule has 0 aliphatic heterocycles. The zero-order valence-electron chi connectivity index (χ0n) is 47.2. The Morgan fingerprint density at radius 1 is 0.408 bits per heavy atom. The molecule has 0 heterocycles. The topological polar surface area (TPSA) is 95.9 Å². The van der Waals surface area contributed by atoms with Gasteiger partial charge in [-0.15, -0.1) is 0 Å². The highest BCUT2D eigenvalue weighted by atomic mass is 16.5. The molecule has 0 aromatic heterocycles. The van der Waals surface area contributed by atoms with Gasteiger partial charge in [-0.1, -0.05) is 267 Å². The molecular weight excluding hydrogens is 875 g/mol. The van der Waals surface area contributed by atoms with Crippen molar-refractivity contribution >= 4 is 11.9 Å². The number of allylic oxidation sites excluding steroid dienone is 9. The van der Waals surface area contributed by atoms with Gasteiger partial charge in [-0.05, 0) is 96.3 Å². The van der Waals surface area contributed by atoms with Crippen LogP contribution in [0.5, 0.6) is 0 Å². The van der Waals surface area contributed by atoms with Crippen molar-refractivity contribution in [2.45, 2.75) is 328 Å². The number of hydrogen-bond donors (Lipinski definition) is 3. The summed E-state index contributed by atoms with van der Waals surface area (Å²) in [6.07, 6.45) is 78.2. The first-order valence-corrected chi connectivity index (χ1v) is 31.1. The molecule has 0 radical (unpaired) electrons. The van der Waals surface area contributed by atoms with Crippen LogP contribution in [0.15, 0.2) is 60.8 Å². The van der Waals surface area contributed by atoms with E-state index in [9.17, 15) is 19.8 Å². The lowest BCUT2D eigenvalue weighted by Gasteiger charge is -2.20. The third-order valence-corrected chi connectivity index (χ3v) is 14.0. The summed E-state index contributed by atoms with van der Waals surface area (Å²) in [5.41, 5.74) is 0. The third kappa shape index (κ3) is 56.7. The van der Waals surface area contributed by atoms with Gasteiger partial charge in [0.25, 0.3) is 0 Å². The number of unbranched alkanes of at least 4 members (excludes halogenated alkanes) is 39. The zero-order valence-corrected chi connectivity index (χ0v) is 47.2. The van der Waals surface area contributed by atoms with Crippen LogP contribution in [0.2, 0.25) is 0 Å². The second-order valence-corrected chi connectivity index (χ2v) is 21.1. The number of amides is 1. The van der Waals surface area contributed by atoms with Gasteiger partial charge in [-0.25, -0.2) is 0 Å². The van der Waals surface area contributed by atoms with Crippen LogP contribution in [0.1, 0.15) is 316 Å². The van der Waals surface area contributed by atoms with Gasteiger partial charge in [0, 0.05) is 12.8 Å². The van der Waals surface area contributed by atoms with Crippen molar-refractivity contribution in [2.75, 3.05) is 13.2 Å². The molecule has 3 N–H and O–H groups in total. The second-order valence-electron chi connectivity index (χ2n) is 21.1. The van der Waals surface area contributed by atoms with Crippen LogP contribution in [-0.2, 0) is 14.3 Å². The van der Waals surface area contributed by atoms with E-state index in [1.165, 1.54) is 205 Å². The number of rotatable bonds is 57. The van der Waals surface area contributed by atoms with Crippen LogP contribution in [0, 0.1) is 0 Å². The molecule has 0 aliphatic rings. The van der Waals surface area contributed by atoms with Gasteiger partial charge >= 0.3 is 5.97 Å². The van der Waals surface area contributed by atoms with Crippen molar-refractivity contribution < 1.29 is 24.5 Å². The molecule has 414 valence electrons. The second kappa shape index (κ2) is 60.1. The highest BCUT2D eigenvalue weighted by molar-refractivity contribution is 5.76. The summed E-state index contributed by atoms with van der Waals surface area (Å²) in [6.45, 7) is 4.84. The van der Waals surface area contributed by atoms with E-state index < -0.39 is 12.1 Å². The predicted molar refractivity (Wildman–Crippen MR) is 310 cm³/mol. The van der Waals surface area contributed by atoms with E-state index >= 15 is 0 Å². The first-order chi connectivity index (χ1) is 35.0. The van der Waals surface area contributed by atoms with E-state index in [1.54, 1.807) is 6.08 Å². The van der Waals surface area contributed by atoms with Crippen LogP contribution in [0.4, 0.5) is 0 Å². The van der Waals surface area contributed by atoms with E-state index in [4.69, 9.17) is 4.74 Å². The van der Waals surface area contributed by atoms with Gasteiger partial charge in [0.05, 0.1) is 25.4 Å². The fraction of sp³-hybridized carbons (Fsp3) is 0.815. The molecule has 2 atom stereocenters. The molecular formula is C65H119NO5. The number of hydrogen-bond acceptors (Lipinski definition) is 5. The summed E-state index contributed by atoms with van der Waals surface area (Å²) in [5.74, 6) is -0.0960. The molecule has 6 heteroatoms. The van der Waals surface area contributed by atoms with E-state index in [0.29, 0.717) is 19.4 Å². The largest absolute Gasteiger partial charge is 0.466 e.